The van der Waals surface area contributed by atoms with E-state index in [1.54, 1.807) is 6.07 Å². The molecule has 0 unspecified atom stereocenters. The molecule has 1 aromatic carbocycles. The van der Waals surface area contributed by atoms with Crippen molar-refractivity contribution < 1.29 is 28.7 Å². The fourth-order valence-corrected chi connectivity index (χ4v) is 13.6. The number of aromatic nitrogens is 1. The number of esters is 2. The minimum absolute atomic E-state index is 0.00204. The number of rotatable bonds is 7. The van der Waals surface area contributed by atoms with Crippen molar-refractivity contribution in [1.82, 2.24) is 4.98 Å². The number of ketones is 1. The van der Waals surface area contributed by atoms with Crippen LogP contribution in [-0.2, 0) is 28.7 Å². The monoisotopic (exact) mass is 764 g/mol. The number of nitrogens with one attached hydrogen (secondary N) is 1. The molecule has 4 saturated carbocycles. The van der Waals surface area contributed by atoms with Crippen LogP contribution in [0.5, 0.6) is 0 Å². The maximum atomic E-state index is 14.8. The van der Waals surface area contributed by atoms with Gasteiger partial charge in [-0.3, -0.25) is 19.2 Å². The van der Waals surface area contributed by atoms with Gasteiger partial charge in [0.1, 0.15) is 11.6 Å². The van der Waals surface area contributed by atoms with Gasteiger partial charge in [0.15, 0.2) is 10.9 Å². The van der Waals surface area contributed by atoms with Crippen LogP contribution in [0.4, 0.5) is 5.13 Å². The lowest BCUT2D eigenvalue weighted by atomic mass is 9.33. The van der Waals surface area contributed by atoms with E-state index in [9.17, 15) is 19.2 Å². The van der Waals surface area contributed by atoms with Gasteiger partial charge < -0.3 is 14.8 Å². The molecule has 9 atom stereocenters. The fourth-order valence-electron chi connectivity index (χ4n) is 12.4. The molecule has 8 nitrogen and oxygen atoms in total. The standard InChI is InChI=1S/C43H57ClN2O6S/c1-9-51-36(50)40(5)20-19-39(4)21-22-42(7)25(26(39)24-40)23-28(47)35-41(6)17-16-31(38(2,3)30(41)15-18-43(35,42)8)52-33(49)14-13-32(48)45-37-46-34-27(44)11-10-12-29(34)53-37/h10-12,23,26,30-31,35H,9,13-22,24H2,1-8H3,(H,45,46,48)/t26-,30-,31-,35+,39+,40-,41-,42+,43+/m0/s1. The van der Waals surface area contributed by atoms with Gasteiger partial charge in [-0.15, -0.1) is 0 Å². The van der Waals surface area contributed by atoms with E-state index >= 15 is 0 Å². The summed E-state index contributed by atoms with van der Waals surface area (Å²) in [6.07, 6.45) is 9.75. The molecule has 0 bridgehead atoms. The van der Waals surface area contributed by atoms with E-state index in [4.69, 9.17) is 21.1 Å². The summed E-state index contributed by atoms with van der Waals surface area (Å²) in [5.41, 5.74) is 0.470. The highest BCUT2D eigenvalue weighted by Crippen LogP contribution is 2.75. The molecule has 2 aromatic rings. The zero-order valence-corrected chi connectivity index (χ0v) is 34.4. The average Bonchev–Trinajstić information content (AvgIpc) is 3.50. The lowest BCUT2D eigenvalue weighted by Crippen LogP contribution is -2.66. The Kier molecular flexibility index (Phi) is 9.56. The molecule has 4 fully saturated rings. The first-order valence-corrected chi connectivity index (χ1v) is 21.0. The quantitative estimate of drug-likeness (QED) is 0.279. The van der Waals surface area contributed by atoms with Crippen LogP contribution in [0.15, 0.2) is 29.8 Å². The van der Waals surface area contributed by atoms with Crippen molar-refractivity contribution in [1.29, 1.82) is 0 Å². The van der Waals surface area contributed by atoms with Gasteiger partial charge in [0.05, 0.1) is 28.2 Å². The predicted molar refractivity (Wildman–Crippen MR) is 208 cm³/mol. The smallest absolute Gasteiger partial charge is 0.311 e. The first-order valence-electron chi connectivity index (χ1n) is 19.8. The summed E-state index contributed by atoms with van der Waals surface area (Å²) in [6, 6.07) is 5.51. The SMILES string of the molecule is CCOC(=O)[C@@]1(C)CC[C@]2(C)CC[C@]3(C)C(=CC(=O)[C@@H]4[C@@]5(C)CC[C@H](OC(=O)CCC(=O)Nc6nc7c(Cl)cccc7s6)C(C)(C)[C@@H]5CC[C@]43C)[C@@H]2C1. The molecule has 0 radical (unpaired) electrons. The van der Waals surface area contributed by atoms with Crippen molar-refractivity contribution in [2.45, 2.75) is 132 Å². The van der Waals surface area contributed by atoms with Crippen molar-refractivity contribution in [2.75, 3.05) is 11.9 Å². The first kappa shape index (κ1) is 38.5. The number of thiazole rings is 1. The Bertz CT molecular complexity index is 1890. The molecule has 53 heavy (non-hydrogen) atoms. The summed E-state index contributed by atoms with van der Waals surface area (Å²) in [6.45, 7) is 18.3. The molecule has 1 aromatic heterocycles. The van der Waals surface area contributed by atoms with E-state index in [2.05, 4.69) is 58.8 Å². The second kappa shape index (κ2) is 13.2. The van der Waals surface area contributed by atoms with Crippen LogP contribution >= 0.6 is 22.9 Å². The topological polar surface area (TPSA) is 112 Å². The molecule has 0 aliphatic heterocycles. The fraction of sp³-hybridized carbons (Fsp3) is 0.698. The van der Waals surface area contributed by atoms with Gasteiger partial charge in [0.25, 0.3) is 0 Å². The van der Waals surface area contributed by atoms with Gasteiger partial charge in [-0.2, -0.15) is 0 Å². The Morgan fingerprint density at radius 2 is 1.70 bits per heavy atom. The number of allylic oxidation sites excluding steroid dienone is 2. The van der Waals surface area contributed by atoms with Crippen LogP contribution in [0.3, 0.4) is 0 Å². The summed E-state index contributed by atoms with van der Waals surface area (Å²) >= 11 is 7.59. The molecule has 288 valence electrons. The zero-order valence-electron chi connectivity index (χ0n) is 32.8. The Morgan fingerprint density at radius 1 is 0.962 bits per heavy atom. The zero-order chi connectivity index (χ0) is 38.4. The summed E-state index contributed by atoms with van der Waals surface area (Å²) < 4.78 is 12.7. The van der Waals surface area contributed by atoms with Gasteiger partial charge in [-0.05, 0) is 123 Å². The van der Waals surface area contributed by atoms with E-state index < -0.39 is 5.41 Å². The molecule has 10 heteroatoms. The average molecular weight is 765 g/mol. The Hall–Kier alpha value is -2.78. The Labute approximate surface area is 323 Å². The second-order valence-corrected chi connectivity index (χ2v) is 20.4. The molecule has 5 aliphatic carbocycles. The van der Waals surface area contributed by atoms with E-state index in [0.717, 1.165) is 56.1 Å². The molecule has 0 spiro atoms. The van der Waals surface area contributed by atoms with Crippen LogP contribution < -0.4 is 5.32 Å². The second-order valence-electron chi connectivity index (χ2n) is 19.0. The van der Waals surface area contributed by atoms with Crippen LogP contribution in [0, 0.1) is 50.2 Å². The van der Waals surface area contributed by atoms with E-state index in [-0.39, 0.29) is 87.4 Å². The number of nitrogens with zero attached hydrogens (tertiary/aromatic N) is 1. The van der Waals surface area contributed by atoms with Crippen molar-refractivity contribution >= 4 is 61.9 Å². The van der Waals surface area contributed by atoms with Crippen molar-refractivity contribution in [2.24, 2.45) is 50.2 Å². The first-order chi connectivity index (χ1) is 24.8. The Morgan fingerprint density at radius 3 is 2.42 bits per heavy atom. The molecule has 1 amide bonds. The third kappa shape index (κ3) is 6.00. The number of para-hydroxylation sites is 1. The van der Waals surface area contributed by atoms with Crippen molar-refractivity contribution in [3.05, 3.63) is 34.9 Å². The minimum atomic E-state index is -0.543. The van der Waals surface area contributed by atoms with Crippen LogP contribution in [0.2, 0.25) is 5.02 Å². The summed E-state index contributed by atoms with van der Waals surface area (Å²) in [7, 11) is 0. The maximum Gasteiger partial charge on any atom is 0.311 e. The molecule has 0 saturated heterocycles. The number of ether oxygens (including phenoxy) is 2. The third-order valence-electron chi connectivity index (χ3n) is 15.7. The predicted octanol–water partition coefficient (Wildman–Crippen LogP) is 10.1. The number of carbonyl (C=O) groups excluding carboxylic acids is 4. The summed E-state index contributed by atoms with van der Waals surface area (Å²) in [4.78, 5) is 58.5. The number of carbonyl (C=O) groups is 4. The number of hydrogen-bond acceptors (Lipinski definition) is 8. The molecule has 5 aliphatic rings. The van der Waals surface area contributed by atoms with Gasteiger partial charge in [0.2, 0.25) is 5.91 Å². The summed E-state index contributed by atoms with van der Waals surface area (Å²) in [5, 5.41) is 3.79. The molecular weight excluding hydrogens is 708 g/mol. The largest absolute Gasteiger partial charge is 0.466 e. The van der Waals surface area contributed by atoms with Gasteiger partial charge >= 0.3 is 11.9 Å². The maximum absolute atomic E-state index is 14.8. The molecule has 1 heterocycles. The lowest BCUT2D eigenvalue weighted by molar-refractivity contribution is -0.211. The normalized spacial score (nSPS) is 38.7. The third-order valence-corrected chi connectivity index (χ3v) is 17.0. The van der Waals surface area contributed by atoms with Crippen molar-refractivity contribution in [3.8, 4) is 0 Å². The number of hydrogen-bond donors (Lipinski definition) is 1. The summed E-state index contributed by atoms with van der Waals surface area (Å²) in [5.74, 6) is -0.311. The van der Waals surface area contributed by atoms with E-state index in [0.29, 0.717) is 28.7 Å². The number of fused-ring (bicyclic) bond motifs is 8. The number of halogens is 1. The number of amides is 1. The molecular formula is C43H57ClN2O6S. The highest BCUT2D eigenvalue weighted by atomic mass is 35.5. The van der Waals surface area contributed by atoms with Gasteiger partial charge in [-0.25, -0.2) is 4.98 Å². The molecule has 1 N–H and O–H groups in total. The number of anilines is 1. The van der Waals surface area contributed by atoms with Crippen molar-refractivity contribution in [3.63, 3.8) is 0 Å². The van der Waals surface area contributed by atoms with E-state index in [1.807, 2.05) is 25.1 Å². The number of benzene rings is 1. The van der Waals surface area contributed by atoms with Crippen LogP contribution in [0.1, 0.15) is 126 Å². The Balaban J connectivity index is 1.06. The van der Waals surface area contributed by atoms with Crippen LogP contribution in [0.25, 0.3) is 10.2 Å². The highest BCUT2D eigenvalue weighted by molar-refractivity contribution is 7.22. The molecule has 7 rings (SSSR count). The minimum Gasteiger partial charge on any atom is -0.466 e. The lowest BCUT2D eigenvalue weighted by Gasteiger charge is -2.70. The van der Waals surface area contributed by atoms with Crippen LogP contribution in [-0.4, -0.2) is 41.3 Å². The van der Waals surface area contributed by atoms with Gasteiger partial charge in [-0.1, -0.05) is 76.1 Å². The van der Waals surface area contributed by atoms with Gasteiger partial charge in [0, 0.05) is 17.8 Å². The highest BCUT2D eigenvalue weighted by Gasteiger charge is 2.70. The van der Waals surface area contributed by atoms with E-state index in [1.165, 1.54) is 16.9 Å².